The van der Waals surface area contributed by atoms with Crippen LogP contribution in [0.15, 0.2) is 22.7 Å². The average molecular weight is 349 g/mol. The molecule has 1 aliphatic heterocycles. The fourth-order valence-corrected chi connectivity index (χ4v) is 5.25. The Kier molecular flexibility index (Phi) is 5.15. The molecule has 1 aliphatic rings. The molecular formula is C13H14BrFOS2. The summed E-state index contributed by atoms with van der Waals surface area (Å²) < 4.78 is 13.9. The van der Waals surface area contributed by atoms with E-state index in [4.69, 9.17) is 0 Å². The molecule has 0 N–H and O–H groups in total. The molecule has 1 heterocycles. The van der Waals surface area contributed by atoms with Crippen molar-refractivity contribution in [3.63, 3.8) is 0 Å². The fourth-order valence-electron chi connectivity index (χ4n) is 2.00. The number of ketones is 1. The summed E-state index contributed by atoms with van der Waals surface area (Å²) in [5.74, 6) is 2.04. The highest BCUT2D eigenvalue weighted by atomic mass is 79.9. The Bertz CT molecular complexity index is 432. The largest absolute Gasteiger partial charge is 0.298 e. The lowest BCUT2D eigenvalue weighted by Gasteiger charge is -2.26. The Balaban J connectivity index is 2.06. The minimum absolute atomic E-state index is 0.0470. The third-order valence-corrected chi connectivity index (χ3v) is 6.40. The second-order valence-corrected chi connectivity index (χ2v) is 7.94. The lowest BCUT2D eigenvalue weighted by Crippen LogP contribution is -2.32. The van der Waals surface area contributed by atoms with Gasteiger partial charge in [0.05, 0.1) is 5.25 Å². The van der Waals surface area contributed by atoms with Gasteiger partial charge in [0, 0.05) is 27.6 Å². The first-order chi connectivity index (χ1) is 8.56. The normalized spacial score (nSPS) is 23.9. The summed E-state index contributed by atoms with van der Waals surface area (Å²) in [5.41, 5.74) is 0.746. The zero-order valence-electron chi connectivity index (χ0n) is 9.99. The molecule has 98 valence electrons. The number of rotatable bonds is 3. The highest BCUT2D eigenvalue weighted by Gasteiger charge is 2.28. The van der Waals surface area contributed by atoms with Gasteiger partial charge in [-0.05, 0) is 23.8 Å². The highest BCUT2D eigenvalue weighted by molar-refractivity contribution is 9.10. The van der Waals surface area contributed by atoms with E-state index in [9.17, 15) is 9.18 Å². The molecule has 2 unspecified atom stereocenters. The van der Waals surface area contributed by atoms with E-state index < -0.39 is 0 Å². The Morgan fingerprint density at radius 1 is 1.39 bits per heavy atom. The Hall–Kier alpha value is -0.000000000000000111. The maximum absolute atomic E-state index is 13.2. The number of halogens is 2. The van der Waals surface area contributed by atoms with Crippen LogP contribution in [-0.4, -0.2) is 27.8 Å². The van der Waals surface area contributed by atoms with Crippen molar-refractivity contribution >= 4 is 45.2 Å². The fraction of sp³-hybridized carbons (Fsp3) is 0.462. The van der Waals surface area contributed by atoms with Crippen molar-refractivity contribution in [3.05, 3.63) is 34.1 Å². The first-order valence-corrected chi connectivity index (χ1v) is 8.66. The van der Waals surface area contributed by atoms with E-state index >= 15 is 0 Å². The molecule has 0 aromatic heterocycles. The van der Waals surface area contributed by atoms with E-state index in [-0.39, 0.29) is 16.9 Å². The van der Waals surface area contributed by atoms with E-state index in [1.807, 2.05) is 17.8 Å². The van der Waals surface area contributed by atoms with Crippen LogP contribution in [0.5, 0.6) is 0 Å². The molecule has 0 spiro atoms. The first kappa shape index (κ1) is 14.4. The van der Waals surface area contributed by atoms with Crippen molar-refractivity contribution in [3.8, 4) is 0 Å². The Labute approximate surface area is 123 Å². The first-order valence-electron chi connectivity index (χ1n) is 5.77. The van der Waals surface area contributed by atoms with Crippen molar-refractivity contribution in [2.45, 2.75) is 23.8 Å². The van der Waals surface area contributed by atoms with Crippen LogP contribution in [0.25, 0.3) is 0 Å². The summed E-state index contributed by atoms with van der Waals surface area (Å²) in [6.07, 6.45) is 0.318. The lowest BCUT2D eigenvalue weighted by atomic mass is 10.1. The van der Waals surface area contributed by atoms with Crippen molar-refractivity contribution in [2.24, 2.45) is 0 Å². The predicted molar refractivity (Wildman–Crippen MR) is 81.0 cm³/mol. The molecule has 1 fully saturated rings. The summed E-state index contributed by atoms with van der Waals surface area (Å²) >= 11 is 6.83. The smallest absolute Gasteiger partial charge is 0.151 e. The van der Waals surface area contributed by atoms with Gasteiger partial charge in [0.1, 0.15) is 5.82 Å². The molecule has 18 heavy (non-hydrogen) atoms. The van der Waals surface area contributed by atoms with Crippen molar-refractivity contribution in [1.82, 2.24) is 0 Å². The maximum Gasteiger partial charge on any atom is 0.151 e. The van der Waals surface area contributed by atoms with Crippen molar-refractivity contribution < 1.29 is 9.18 Å². The highest BCUT2D eigenvalue weighted by Crippen LogP contribution is 2.32. The van der Waals surface area contributed by atoms with E-state index in [0.29, 0.717) is 16.1 Å². The van der Waals surface area contributed by atoms with Gasteiger partial charge in [0.25, 0.3) is 0 Å². The van der Waals surface area contributed by atoms with E-state index in [0.717, 1.165) is 17.1 Å². The zero-order valence-corrected chi connectivity index (χ0v) is 13.2. The van der Waals surface area contributed by atoms with Gasteiger partial charge in [-0.2, -0.15) is 11.8 Å². The van der Waals surface area contributed by atoms with Crippen LogP contribution in [-0.2, 0) is 11.2 Å². The minimum atomic E-state index is -0.300. The van der Waals surface area contributed by atoms with Gasteiger partial charge < -0.3 is 0 Å². The molecule has 0 saturated carbocycles. The molecule has 2 rings (SSSR count). The number of hydrogen-bond donors (Lipinski definition) is 0. The number of Topliss-reactive ketones (excluding diaryl/α,β-unsaturated/α-hetero) is 1. The molecule has 1 saturated heterocycles. The third-order valence-electron chi connectivity index (χ3n) is 2.81. The van der Waals surface area contributed by atoms with E-state index in [1.54, 1.807) is 11.8 Å². The summed E-state index contributed by atoms with van der Waals surface area (Å²) in [6.45, 7) is 2.10. The van der Waals surface area contributed by atoms with Crippen molar-refractivity contribution in [2.75, 3.05) is 11.5 Å². The van der Waals surface area contributed by atoms with Gasteiger partial charge >= 0.3 is 0 Å². The Morgan fingerprint density at radius 2 is 2.11 bits per heavy atom. The van der Waals surface area contributed by atoms with Crippen LogP contribution in [0.3, 0.4) is 0 Å². The molecule has 0 aliphatic carbocycles. The second-order valence-electron chi connectivity index (χ2n) is 4.29. The lowest BCUT2D eigenvalue weighted by molar-refractivity contribution is -0.117. The molecular weight excluding hydrogens is 335 g/mol. The molecule has 1 aromatic carbocycles. The van der Waals surface area contributed by atoms with Crippen LogP contribution < -0.4 is 0 Å². The van der Waals surface area contributed by atoms with Gasteiger partial charge in [-0.1, -0.05) is 22.9 Å². The maximum atomic E-state index is 13.2. The molecule has 0 bridgehead atoms. The zero-order chi connectivity index (χ0) is 13.1. The SMILES string of the molecule is CC1SCCSC1C(=O)Cc1cc(F)cc(Br)c1. The van der Waals surface area contributed by atoms with Gasteiger partial charge in [-0.25, -0.2) is 4.39 Å². The van der Waals surface area contributed by atoms with Gasteiger partial charge in [-0.3, -0.25) is 4.79 Å². The van der Waals surface area contributed by atoms with E-state index in [2.05, 4.69) is 22.9 Å². The van der Waals surface area contributed by atoms with Crippen LogP contribution >= 0.6 is 39.5 Å². The topological polar surface area (TPSA) is 17.1 Å². The molecule has 1 nitrogen and oxygen atoms in total. The monoisotopic (exact) mass is 348 g/mol. The van der Waals surface area contributed by atoms with Gasteiger partial charge in [0.15, 0.2) is 5.78 Å². The van der Waals surface area contributed by atoms with Crippen LogP contribution in [0.2, 0.25) is 0 Å². The van der Waals surface area contributed by atoms with Crippen LogP contribution in [0.4, 0.5) is 4.39 Å². The number of carbonyl (C=O) groups excluding carboxylic acids is 1. The molecule has 0 amide bonds. The second kappa shape index (κ2) is 6.44. The predicted octanol–water partition coefficient (Wildman–Crippen LogP) is 3.94. The van der Waals surface area contributed by atoms with Crippen molar-refractivity contribution in [1.29, 1.82) is 0 Å². The number of hydrogen-bond acceptors (Lipinski definition) is 3. The number of benzene rings is 1. The number of carbonyl (C=O) groups is 1. The molecule has 2 atom stereocenters. The van der Waals surface area contributed by atoms with Gasteiger partial charge in [0.2, 0.25) is 0 Å². The quantitative estimate of drug-likeness (QED) is 0.823. The third kappa shape index (κ3) is 3.75. The van der Waals surface area contributed by atoms with Crippen LogP contribution in [0, 0.1) is 5.82 Å². The molecule has 5 heteroatoms. The van der Waals surface area contributed by atoms with Gasteiger partial charge in [-0.15, -0.1) is 11.8 Å². The number of thioether (sulfide) groups is 2. The minimum Gasteiger partial charge on any atom is -0.298 e. The molecule has 1 aromatic rings. The summed E-state index contributed by atoms with van der Waals surface area (Å²) in [5, 5.41) is 0.402. The Morgan fingerprint density at radius 3 is 2.78 bits per heavy atom. The van der Waals surface area contributed by atoms with Crippen LogP contribution in [0.1, 0.15) is 12.5 Å². The van der Waals surface area contributed by atoms with E-state index in [1.165, 1.54) is 12.1 Å². The average Bonchev–Trinajstić information content (AvgIpc) is 2.27. The molecule has 0 radical (unpaired) electrons. The summed E-state index contributed by atoms with van der Waals surface area (Å²) in [4.78, 5) is 12.2. The summed E-state index contributed by atoms with van der Waals surface area (Å²) in [6, 6.07) is 4.65. The summed E-state index contributed by atoms with van der Waals surface area (Å²) in [7, 11) is 0. The standard InChI is InChI=1S/C13H14BrFOS2/c1-8-13(18-3-2-17-8)12(16)6-9-4-10(14)7-11(15)5-9/h4-5,7-8,13H,2-3,6H2,1H3.